The molecule has 22 heavy (non-hydrogen) atoms. The molecule has 1 atom stereocenters. The number of rotatable bonds is 3. The Hall–Kier alpha value is -2.20. The van der Waals surface area contributed by atoms with Crippen molar-refractivity contribution in [1.29, 1.82) is 0 Å². The quantitative estimate of drug-likeness (QED) is 0.744. The molecule has 0 spiro atoms. The molecule has 3 heterocycles. The number of aryl methyl sites for hydroxylation is 1. The Kier molecular flexibility index (Phi) is 3.39. The summed E-state index contributed by atoms with van der Waals surface area (Å²) in [6.07, 6.45) is 3.88. The summed E-state index contributed by atoms with van der Waals surface area (Å²) in [5.74, 6) is 1.63. The largest absolute Gasteiger partial charge is 0.381 e. The van der Waals surface area contributed by atoms with Gasteiger partial charge in [-0.1, -0.05) is 12.1 Å². The molecule has 4 rings (SSSR count). The fraction of sp³-hybridized carbons (Fsp3) is 0.333. The minimum absolute atomic E-state index is 0.556. The zero-order valence-electron chi connectivity index (χ0n) is 12.7. The first kappa shape index (κ1) is 13.5. The van der Waals surface area contributed by atoms with E-state index in [2.05, 4.69) is 40.7 Å². The van der Waals surface area contributed by atoms with Gasteiger partial charge in [-0.15, -0.1) is 0 Å². The lowest BCUT2D eigenvalue weighted by molar-refractivity contribution is 0.185. The highest BCUT2D eigenvalue weighted by Gasteiger charge is 2.21. The Morgan fingerprint density at radius 3 is 3.05 bits per heavy atom. The molecule has 1 unspecified atom stereocenters. The first-order chi connectivity index (χ1) is 10.8. The highest BCUT2D eigenvalue weighted by Crippen LogP contribution is 2.24. The van der Waals surface area contributed by atoms with E-state index >= 15 is 0 Å². The van der Waals surface area contributed by atoms with E-state index in [-0.39, 0.29) is 0 Å². The normalized spacial score (nSPS) is 18.1. The SMILES string of the molecule is Cc1cccc(-n2c(CC3CCOC3)nc3cccnc32)c1. The van der Waals surface area contributed by atoms with Crippen molar-refractivity contribution in [2.45, 2.75) is 19.8 Å². The highest BCUT2D eigenvalue weighted by atomic mass is 16.5. The lowest BCUT2D eigenvalue weighted by atomic mass is 10.0. The maximum absolute atomic E-state index is 5.52. The third-order valence-corrected chi connectivity index (χ3v) is 4.24. The monoisotopic (exact) mass is 293 g/mol. The molecule has 0 amide bonds. The Morgan fingerprint density at radius 2 is 2.23 bits per heavy atom. The van der Waals surface area contributed by atoms with Crippen LogP contribution in [-0.4, -0.2) is 27.7 Å². The standard InChI is InChI=1S/C18H19N3O/c1-13-4-2-5-15(10-13)21-17(11-14-7-9-22-12-14)20-16-6-3-8-19-18(16)21/h2-6,8,10,14H,7,9,11-12H2,1H3. The van der Waals surface area contributed by atoms with Crippen LogP contribution in [0.1, 0.15) is 17.8 Å². The Labute approximate surface area is 129 Å². The number of aromatic nitrogens is 3. The van der Waals surface area contributed by atoms with Crippen LogP contribution >= 0.6 is 0 Å². The summed E-state index contributed by atoms with van der Waals surface area (Å²) in [6, 6.07) is 12.5. The van der Waals surface area contributed by atoms with E-state index in [0.29, 0.717) is 5.92 Å². The van der Waals surface area contributed by atoms with E-state index < -0.39 is 0 Å². The van der Waals surface area contributed by atoms with Crippen LogP contribution in [0.3, 0.4) is 0 Å². The molecule has 0 bridgehead atoms. The lowest BCUT2D eigenvalue weighted by Crippen LogP contribution is -2.10. The molecule has 112 valence electrons. The minimum atomic E-state index is 0.556. The summed E-state index contributed by atoms with van der Waals surface area (Å²) in [4.78, 5) is 9.38. The molecule has 0 saturated carbocycles. The van der Waals surface area contributed by atoms with Crippen molar-refractivity contribution in [2.24, 2.45) is 5.92 Å². The maximum Gasteiger partial charge on any atom is 0.164 e. The molecule has 3 aromatic rings. The van der Waals surface area contributed by atoms with Crippen LogP contribution in [0.2, 0.25) is 0 Å². The van der Waals surface area contributed by atoms with Gasteiger partial charge >= 0.3 is 0 Å². The fourth-order valence-corrected chi connectivity index (χ4v) is 3.14. The number of imidazole rings is 1. The number of ether oxygens (including phenoxy) is 1. The highest BCUT2D eigenvalue weighted by molar-refractivity contribution is 5.73. The number of hydrogen-bond acceptors (Lipinski definition) is 3. The predicted molar refractivity (Wildman–Crippen MR) is 86.2 cm³/mol. The average molecular weight is 293 g/mol. The first-order valence-corrected chi connectivity index (χ1v) is 7.78. The van der Waals surface area contributed by atoms with Crippen LogP contribution in [0.25, 0.3) is 16.9 Å². The van der Waals surface area contributed by atoms with Crippen molar-refractivity contribution in [1.82, 2.24) is 14.5 Å². The zero-order chi connectivity index (χ0) is 14.9. The molecule has 1 aromatic carbocycles. The summed E-state index contributed by atoms with van der Waals surface area (Å²) in [5.41, 5.74) is 4.26. The van der Waals surface area contributed by atoms with Gasteiger partial charge in [0.25, 0.3) is 0 Å². The Morgan fingerprint density at radius 1 is 1.27 bits per heavy atom. The first-order valence-electron chi connectivity index (χ1n) is 7.78. The van der Waals surface area contributed by atoms with Gasteiger partial charge in [0.15, 0.2) is 5.65 Å². The lowest BCUT2D eigenvalue weighted by Gasteiger charge is -2.12. The second-order valence-corrected chi connectivity index (χ2v) is 5.98. The predicted octanol–water partition coefficient (Wildman–Crippen LogP) is 3.31. The van der Waals surface area contributed by atoms with Crippen LogP contribution in [0.4, 0.5) is 0 Å². The van der Waals surface area contributed by atoms with E-state index in [1.54, 1.807) is 0 Å². The van der Waals surface area contributed by atoms with Crippen molar-refractivity contribution >= 4 is 11.2 Å². The summed E-state index contributed by atoms with van der Waals surface area (Å²) >= 11 is 0. The van der Waals surface area contributed by atoms with Crippen molar-refractivity contribution in [3.05, 3.63) is 54.0 Å². The molecule has 0 N–H and O–H groups in total. The average Bonchev–Trinajstić information content (AvgIpc) is 3.14. The van der Waals surface area contributed by atoms with Crippen LogP contribution in [0, 0.1) is 12.8 Å². The molecule has 0 radical (unpaired) electrons. The van der Waals surface area contributed by atoms with Gasteiger partial charge < -0.3 is 4.74 Å². The Balaban J connectivity index is 1.85. The molecule has 1 saturated heterocycles. The van der Waals surface area contributed by atoms with E-state index in [1.807, 2.05) is 18.3 Å². The van der Waals surface area contributed by atoms with Gasteiger partial charge in [-0.3, -0.25) is 4.57 Å². The van der Waals surface area contributed by atoms with Gasteiger partial charge in [0.05, 0.1) is 0 Å². The van der Waals surface area contributed by atoms with Crippen LogP contribution < -0.4 is 0 Å². The number of fused-ring (bicyclic) bond motifs is 1. The van der Waals surface area contributed by atoms with Gasteiger partial charge in [0.1, 0.15) is 11.3 Å². The molecule has 4 heteroatoms. The van der Waals surface area contributed by atoms with Crippen molar-refractivity contribution in [3.63, 3.8) is 0 Å². The molecular formula is C18H19N3O. The van der Waals surface area contributed by atoms with Gasteiger partial charge in [0.2, 0.25) is 0 Å². The molecule has 0 aliphatic carbocycles. The van der Waals surface area contributed by atoms with Crippen molar-refractivity contribution in [2.75, 3.05) is 13.2 Å². The smallest absolute Gasteiger partial charge is 0.164 e. The zero-order valence-corrected chi connectivity index (χ0v) is 12.7. The van der Waals surface area contributed by atoms with Crippen molar-refractivity contribution in [3.8, 4) is 5.69 Å². The summed E-state index contributed by atoms with van der Waals surface area (Å²) in [7, 11) is 0. The topological polar surface area (TPSA) is 39.9 Å². The number of benzene rings is 1. The van der Waals surface area contributed by atoms with E-state index in [9.17, 15) is 0 Å². The molecular weight excluding hydrogens is 274 g/mol. The van der Waals surface area contributed by atoms with E-state index in [4.69, 9.17) is 9.72 Å². The number of hydrogen-bond donors (Lipinski definition) is 0. The van der Waals surface area contributed by atoms with Gasteiger partial charge in [-0.05, 0) is 49.1 Å². The second kappa shape index (κ2) is 5.54. The summed E-state index contributed by atoms with van der Waals surface area (Å²) in [6.45, 7) is 3.82. The second-order valence-electron chi connectivity index (χ2n) is 5.98. The third-order valence-electron chi connectivity index (χ3n) is 4.24. The molecule has 1 fully saturated rings. The van der Waals surface area contributed by atoms with Gasteiger partial charge in [0, 0.05) is 31.5 Å². The summed E-state index contributed by atoms with van der Waals surface area (Å²) in [5, 5.41) is 0. The van der Waals surface area contributed by atoms with Crippen molar-refractivity contribution < 1.29 is 4.74 Å². The Bertz CT molecular complexity index is 803. The van der Waals surface area contributed by atoms with Crippen LogP contribution in [-0.2, 0) is 11.2 Å². The maximum atomic E-state index is 5.52. The molecule has 4 nitrogen and oxygen atoms in total. The molecule has 2 aromatic heterocycles. The van der Waals surface area contributed by atoms with Crippen LogP contribution in [0.15, 0.2) is 42.6 Å². The number of nitrogens with zero attached hydrogens (tertiary/aromatic N) is 3. The third kappa shape index (κ3) is 2.40. The molecule has 1 aliphatic rings. The minimum Gasteiger partial charge on any atom is -0.381 e. The van der Waals surface area contributed by atoms with E-state index in [0.717, 1.165) is 48.7 Å². The van der Waals surface area contributed by atoms with Crippen LogP contribution in [0.5, 0.6) is 0 Å². The molecule has 1 aliphatic heterocycles. The van der Waals surface area contributed by atoms with Gasteiger partial charge in [-0.2, -0.15) is 0 Å². The van der Waals surface area contributed by atoms with E-state index in [1.165, 1.54) is 5.56 Å². The summed E-state index contributed by atoms with van der Waals surface area (Å²) < 4.78 is 7.71. The van der Waals surface area contributed by atoms with Gasteiger partial charge in [-0.25, -0.2) is 9.97 Å². The fourth-order valence-electron chi connectivity index (χ4n) is 3.14. The number of pyridine rings is 1.